The Hall–Kier alpha value is -1.78. The number of hydrogen-bond acceptors (Lipinski definition) is 3. The van der Waals surface area contributed by atoms with Gasteiger partial charge in [-0.25, -0.2) is 4.39 Å². The number of carboxylic acid groups (broad SMARTS) is 1. The number of aryl methyl sites for hydroxylation is 1. The second-order valence-electron chi connectivity index (χ2n) is 3.50. The molecule has 0 heterocycles. The summed E-state index contributed by atoms with van der Waals surface area (Å²) in [6.45, 7) is -0.654. The van der Waals surface area contributed by atoms with Gasteiger partial charge in [0, 0.05) is 12.0 Å². The van der Waals surface area contributed by atoms with E-state index in [1.165, 1.54) is 20.3 Å². The maximum atomic E-state index is 12.7. The van der Waals surface area contributed by atoms with Crippen LogP contribution in [0, 0.1) is 0 Å². The number of carboxylic acids is 1. The zero-order valence-electron chi connectivity index (χ0n) is 9.83. The summed E-state index contributed by atoms with van der Waals surface area (Å²) in [7, 11) is 2.91. The Morgan fingerprint density at radius 1 is 1.24 bits per heavy atom. The fourth-order valence-electron chi connectivity index (χ4n) is 1.57. The molecule has 17 heavy (non-hydrogen) atoms. The first-order chi connectivity index (χ1) is 8.12. The third-order valence-electron chi connectivity index (χ3n) is 2.44. The van der Waals surface area contributed by atoms with Gasteiger partial charge in [0.05, 0.1) is 14.2 Å². The highest BCUT2D eigenvalue weighted by Gasteiger charge is 2.12. The predicted octanol–water partition coefficient (Wildman–Crippen LogP) is 2.19. The fourth-order valence-corrected chi connectivity index (χ4v) is 1.57. The van der Waals surface area contributed by atoms with Crippen LogP contribution in [0.2, 0.25) is 0 Å². The number of benzene rings is 1. The molecule has 0 spiro atoms. The first-order valence-corrected chi connectivity index (χ1v) is 5.14. The van der Waals surface area contributed by atoms with Crippen molar-refractivity contribution in [2.45, 2.75) is 19.5 Å². The Morgan fingerprint density at radius 3 is 2.24 bits per heavy atom. The van der Waals surface area contributed by atoms with Gasteiger partial charge < -0.3 is 14.6 Å². The number of aliphatic carboxylic acids is 1. The summed E-state index contributed by atoms with van der Waals surface area (Å²) in [6.07, 6.45) is 0.315. The normalized spacial score (nSPS) is 10.1. The average molecular weight is 242 g/mol. The molecular weight excluding hydrogens is 227 g/mol. The molecule has 1 aromatic rings. The van der Waals surface area contributed by atoms with Crippen LogP contribution in [-0.2, 0) is 17.9 Å². The van der Waals surface area contributed by atoms with Gasteiger partial charge in [-0.05, 0) is 24.1 Å². The van der Waals surface area contributed by atoms with Crippen molar-refractivity contribution in [2.24, 2.45) is 0 Å². The first-order valence-electron chi connectivity index (χ1n) is 5.14. The lowest BCUT2D eigenvalue weighted by atomic mass is 10.0. The Labute approximate surface area is 99.0 Å². The van der Waals surface area contributed by atoms with E-state index >= 15 is 0 Å². The summed E-state index contributed by atoms with van der Waals surface area (Å²) < 4.78 is 22.8. The molecule has 0 aromatic heterocycles. The molecule has 1 rings (SSSR count). The van der Waals surface area contributed by atoms with Crippen LogP contribution in [0.15, 0.2) is 12.1 Å². The number of hydrogen-bond donors (Lipinski definition) is 1. The van der Waals surface area contributed by atoms with Crippen LogP contribution >= 0.6 is 0 Å². The van der Waals surface area contributed by atoms with Gasteiger partial charge >= 0.3 is 5.97 Å². The van der Waals surface area contributed by atoms with Gasteiger partial charge in [-0.2, -0.15) is 0 Å². The van der Waals surface area contributed by atoms with Gasteiger partial charge in [0.2, 0.25) is 0 Å². The lowest BCUT2D eigenvalue weighted by Crippen LogP contribution is -2.01. The third-order valence-corrected chi connectivity index (χ3v) is 2.44. The van der Waals surface area contributed by atoms with Crippen molar-refractivity contribution in [2.75, 3.05) is 14.2 Å². The van der Waals surface area contributed by atoms with Crippen LogP contribution in [0.1, 0.15) is 17.5 Å². The Morgan fingerprint density at radius 2 is 1.76 bits per heavy atom. The summed E-state index contributed by atoms with van der Waals surface area (Å²) >= 11 is 0. The molecule has 0 aliphatic carbocycles. The van der Waals surface area contributed by atoms with Crippen molar-refractivity contribution in [1.29, 1.82) is 0 Å². The molecule has 0 saturated heterocycles. The number of halogens is 1. The molecule has 0 unspecified atom stereocenters. The van der Waals surface area contributed by atoms with Crippen molar-refractivity contribution in [3.63, 3.8) is 0 Å². The summed E-state index contributed by atoms with van der Waals surface area (Å²) in [4.78, 5) is 10.5. The van der Waals surface area contributed by atoms with E-state index in [9.17, 15) is 9.18 Å². The average Bonchev–Trinajstić information content (AvgIpc) is 2.34. The van der Waals surface area contributed by atoms with E-state index in [-0.39, 0.29) is 6.42 Å². The summed E-state index contributed by atoms with van der Waals surface area (Å²) in [5, 5.41) is 8.63. The molecule has 0 amide bonds. The quantitative estimate of drug-likeness (QED) is 0.830. The van der Waals surface area contributed by atoms with Gasteiger partial charge in [-0.15, -0.1) is 0 Å². The Kier molecular flexibility index (Phi) is 4.75. The largest absolute Gasteiger partial charge is 0.496 e. The molecule has 0 radical (unpaired) electrons. The monoisotopic (exact) mass is 242 g/mol. The van der Waals surface area contributed by atoms with E-state index in [2.05, 4.69) is 0 Å². The van der Waals surface area contributed by atoms with Crippen LogP contribution in [0.5, 0.6) is 11.5 Å². The van der Waals surface area contributed by atoms with Crippen molar-refractivity contribution in [3.05, 3.63) is 23.3 Å². The van der Waals surface area contributed by atoms with Crippen LogP contribution in [0.4, 0.5) is 4.39 Å². The minimum Gasteiger partial charge on any atom is -0.496 e. The minimum absolute atomic E-state index is 0.00547. The van der Waals surface area contributed by atoms with Crippen molar-refractivity contribution < 1.29 is 23.8 Å². The number of rotatable bonds is 6. The molecule has 0 atom stereocenters. The summed E-state index contributed by atoms with van der Waals surface area (Å²) in [5.41, 5.74) is 1.09. The molecule has 1 aromatic carbocycles. The molecule has 0 fully saturated rings. The maximum absolute atomic E-state index is 12.7. The van der Waals surface area contributed by atoms with E-state index in [1.54, 1.807) is 6.07 Å². The second kappa shape index (κ2) is 6.08. The molecule has 94 valence electrons. The summed E-state index contributed by atoms with van der Waals surface area (Å²) in [5.74, 6) is 0.00831. The number of ether oxygens (including phenoxy) is 2. The second-order valence-corrected chi connectivity index (χ2v) is 3.50. The molecule has 0 saturated carbocycles. The van der Waals surface area contributed by atoms with Crippen LogP contribution < -0.4 is 9.47 Å². The number of carbonyl (C=O) groups is 1. The molecule has 0 aliphatic heterocycles. The number of methoxy groups -OCH3 is 2. The molecule has 5 heteroatoms. The van der Waals surface area contributed by atoms with Gasteiger partial charge in [-0.1, -0.05) is 0 Å². The van der Waals surface area contributed by atoms with E-state index in [1.807, 2.05) is 0 Å². The van der Waals surface area contributed by atoms with E-state index in [0.717, 1.165) is 0 Å². The Balaban J connectivity index is 3.05. The zero-order chi connectivity index (χ0) is 12.8. The minimum atomic E-state index is -0.888. The SMILES string of the molecule is COc1cc(CCC(=O)O)c(OC)cc1CF. The van der Waals surface area contributed by atoms with Crippen LogP contribution in [0.25, 0.3) is 0 Å². The third kappa shape index (κ3) is 3.34. The Bertz CT molecular complexity index is 404. The molecule has 4 nitrogen and oxygen atoms in total. The molecular formula is C12H15FO4. The van der Waals surface area contributed by atoms with Crippen LogP contribution in [-0.4, -0.2) is 25.3 Å². The molecule has 1 N–H and O–H groups in total. The topological polar surface area (TPSA) is 55.8 Å². The highest BCUT2D eigenvalue weighted by molar-refractivity contribution is 5.67. The lowest BCUT2D eigenvalue weighted by molar-refractivity contribution is -0.136. The highest BCUT2D eigenvalue weighted by atomic mass is 19.1. The van der Waals surface area contributed by atoms with Crippen molar-refractivity contribution in [1.82, 2.24) is 0 Å². The van der Waals surface area contributed by atoms with Gasteiger partial charge in [-0.3, -0.25) is 4.79 Å². The zero-order valence-corrected chi connectivity index (χ0v) is 9.83. The van der Waals surface area contributed by atoms with E-state index < -0.39 is 12.6 Å². The highest BCUT2D eigenvalue weighted by Crippen LogP contribution is 2.30. The van der Waals surface area contributed by atoms with E-state index in [4.69, 9.17) is 14.6 Å². The summed E-state index contributed by atoms with van der Waals surface area (Å²) in [6, 6.07) is 3.16. The molecule has 0 aliphatic rings. The lowest BCUT2D eigenvalue weighted by Gasteiger charge is -2.12. The predicted molar refractivity (Wildman–Crippen MR) is 60.3 cm³/mol. The number of alkyl halides is 1. The van der Waals surface area contributed by atoms with Crippen LogP contribution in [0.3, 0.4) is 0 Å². The first kappa shape index (κ1) is 13.3. The smallest absolute Gasteiger partial charge is 0.303 e. The standard InChI is InChI=1S/C12H15FO4/c1-16-10-6-9(7-13)11(17-2)5-8(10)3-4-12(14)15/h5-6H,3-4,7H2,1-2H3,(H,14,15). The van der Waals surface area contributed by atoms with Gasteiger partial charge in [0.15, 0.2) is 0 Å². The maximum Gasteiger partial charge on any atom is 0.303 e. The van der Waals surface area contributed by atoms with Gasteiger partial charge in [0.1, 0.15) is 18.2 Å². The van der Waals surface area contributed by atoms with Gasteiger partial charge in [0.25, 0.3) is 0 Å². The van der Waals surface area contributed by atoms with Crippen molar-refractivity contribution in [3.8, 4) is 11.5 Å². The van der Waals surface area contributed by atoms with E-state index in [0.29, 0.717) is 29.0 Å². The molecule has 0 bridgehead atoms. The fraction of sp³-hybridized carbons (Fsp3) is 0.417. The van der Waals surface area contributed by atoms with Crippen molar-refractivity contribution >= 4 is 5.97 Å².